The Morgan fingerprint density at radius 2 is 2.33 bits per heavy atom. The standard InChI is InChI=1S/C6H15NOS/c1-7-6(4-8-2)5-9-3/h6-7H,4-5H2,1-3H3. The summed E-state index contributed by atoms with van der Waals surface area (Å²) in [6, 6.07) is 0.505. The first-order valence-electron chi connectivity index (χ1n) is 3.00. The smallest absolute Gasteiger partial charge is 0.0623 e. The van der Waals surface area contributed by atoms with Crippen molar-refractivity contribution in [3.8, 4) is 0 Å². The van der Waals surface area contributed by atoms with Gasteiger partial charge in [0.15, 0.2) is 0 Å². The molecule has 0 amide bonds. The summed E-state index contributed by atoms with van der Waals surface area (Å²) < 4.78 is 4.97. The second kappa shape index (κ2) is 6.39. The summed E-state index contributed by atoms with van der Waals surface area (Å²) in [7, 11) is 3.69. The van der Waals surface area contributed by atoms with E-state index in [1.54, 1.807) is 7.11 Å². The van der Waals surface area contributed by atoms with Crippen LogP contribution in [0.2, 0.25) is 0 Å². The van der Waals surface area contributed by atoms with Crippen molar-refractivity contribution in [1.82, 2.24) is 5.32 Å². The van der Waals surface area contributed by atoms with Gasteiger partial charge in [-0.3, -0.25) is 0 Å². The van der Waals surface area contributed by atoms with E-state index in [1.165, 1.54) is 0 Å². The minimum Gasteiger partial charge on any atom is -0.383 e. The average molecular weight is 149 g/mol. The van der Waals surface area contributed by atoms with Crippen LogP contribution in [0.25, 0.3) is 0 Å². The molecule has 0 fully saturated rings. The van der Waals surface area contributed by atoms with Gasteiger partial charge in [0.05, 0.1) is 6.61 Å². The molecular weight excluding hydrogens is 134 g/mol. The predicted octanol–water partition coefficient (Wildman–Crippen LogP) is 0.584. The first kappa shape index (κ1) is 9.27. The highest BCUT2D eigenvalue weighted by Gasteiger charge is 2.01. The normalized spacial score (nSPS) is 13.7. The largest absolute Gasteiger partial charge is 0.383 e. The number of hydrogen-bond acceptors (Lipinski definition) is 3. The molecule has 0 aromatic rings. The van der Waals surface area contributed by atoms with Gasteiger partial charge in [0, 0.05) is 18.9 Å². The number of ether oxygens (including phenoxy) is 1. The van der Waals surface area contributed by atoms with Crippen molar-refractivity contribution in [2.24, 2.45) is 0 Å². The summed E-state index contributed by atoms with van der Waals surface area (Å²) in [5.74, 6) is 1.12. The van der Waals surface area contributed by atoms with Crippen LogP contribution in [0.15, 0.2) is 0 Å². The molecule has 0 aliphatic heterocycles. The van der Waals surface area contributed by atoms with Crippen LogP contribution in [0.4, 0.5) is 0 Å². The molecule has 1 atom stereocenters. The molecule has 0 spiro atoms. The van der Waals surface area contributed by atoms with Gasteiger partial charge in [0.25, 0.3) is 0 Å². The van der Waals surface area contributed by atoms with Crippen LogP contribution < -0.4 is 5.32 Å². The third-order valence-corrected chi connectivity index (χ3v) is 1.88. The van der Waals surface area contributed by atoms with Gasteiger partial charge in [-0.1, -0.05) is 0 Å². The van der Waals surface area contributed by atoms with Crippen LogP contribution in [0.5, 0.6) is 0 Å². The zero-order chi connectivity index (χ0) is 7.11. The fourth-order valence-electron chi connectivity index (χ4n) is 0.617. The lowest BCUT2D eigenvalue weighted by atomic mass is 10.4. The molecular formula is C6H15NOS. The van der Waals surface area contributed by atoms with Crippen molar-refractivity contribution in [3.63, 3.8) is 0 Å². The lowest BCUT2D eigenvalue weighted by molar-refractivity contribution is 0.177. The monoisotopic (exact) mass is 149 g/mol. The summed E-state index contributed by atoms with van der Waals surface area (Å²) in [6.45, 7) is 0.803. The van der Waals surface area contributed by atoms with Crippen molar-refractivity contribution in [3.05, 3.63) is 0 Å². The number of hydrogen-bond donors (Lipinski definition) is 1. The quantitative estimate of drug-likeness (QED) is 0.618. The van der Waals surface area contributed by atoms with Crippen LogP contribution in [0.3, 0.4) is 0 Å². The minimum atomic E-state index is 0.505. The van der Waals surface area contributed by atoms with Gasteiger partial charge in [-0.25, -0.2) is 0 Å². The van der Waals surface area contributed by atoms with Crippen molar-refractivity contribution in [2.75, 3.05) is 32.8 Å². The molecule has 3 heteroatoms. The molecule has 0 saturated heterocycles. The van der Waals surface area contributed by atoms with E-state index in [0.29, 0.717) is 6.04 Å². The van der Waals surface area contributed by atoms with E-state index in [-0.39, 0.29) is 0 Å². The SMILES string of the molecule is CNC(COC)CSC. The zero-order valence-corrected chi connectivity index (χ0v) is 7.12. The fourth-order valence-corrected chi connectivity index (χ4v) is 1.28. The summed E-state index contributed by atoms with van der Waals surface area (Å²) in [4.78, 5) is 0. The van der Waals surface area contributed by atoms with Gasteiger partial charge in [-0.15, -0.1) is 0 Å². The third-order valence-electron chi connectivity index (χ3n) is 1.14. The lowest BCUT2D eigenvalue weighted by Crippen LogP contribution is -2.32. The highest BCUT2D eigenvalue weighted by Crippen LogP contribution is 1.96. The molecule has 0 bridgehead atoms. The van der Waals surface area contributed by atoms with E-state index < -0.39 is 0 Å². The molecule has 0 aromatic carbocycles. The second-order valence-corrected chi connectivity index (χ2v) is 2.81. The number of nitrogens with one attached hydrogen (secondary N) is 1. The minimum absolute atomic E-state index is 0.505. The number of thioether (sulfide) groups is 1. The predicted molar refractivity (Wildman–Crippen MR) is 43.1 cm³/mol. The van der Waals surface area contributed by atoms with Gasteiger partial charge in [-0.05, 0) is 13.3 Å². The Hall–Kier alpha value is 0.270. The van der Waals surface area contributed by atoms with Crippen LogP contribution in [-0.4, -0.2) is 38.8 Å². The molecule has 0 aliphatic carbocycles. The van der Waals surface area contributed by atoms with E-state index in [4.69, 9.17) is 4.74 Å². The van der Waals surface area contributed by atoms with Crippen LogP contribution >= 0.6 is 11.8 Å². The summed E-state index contributed by atoms with van der Waals surface area (Å²) in [5.41, 5.74) is 0. The molecule has 2 nitrogen and oxygen atoms in total. The fraction of sp³-hybridized carbons (Fsp3) is 1.00. The van der Waals surface area contributed by atoms with Crippen molar-refractivity contribution in [2.45, 2.75) is 6.04 Å². The molecule has 56 valence electrons. The Bertz CT molecular complexity index is 55.0. The van der Waals surface area contributed by atoms with Crippen molar-refractivity contribution in [1.29, 1.82) is 0 Å². The maximum atomic E-state index is 4.97. The highest BCUT2D eigenvalue weighted by molar-refractivity contribution is 7.98. The topological polar surface area (TPSA) is 21.3 Å². The highest BCUT2D eigenvalue weighted by atomic mass is 32.2. The second-order valence-electron chi connectivity index (χ2n) is 1.90. The van der Waals surface area contributed by atoms with E-state index in [2.05, 4.69) is 11.6 Å². The summed E-state index contributed by atoms with van der Waals surface area (Å²) in [6.07, 6.45) is 2.10. The van der Waals surface area contributed by atoms with Crippen molar-refractivity contribution < 1.29 is 4.74 Å². The first-order chi connectivity index (χ1) is 4.35. The molecule has 0 saturated carbocycles. The number of likely N-dealkylation sites (N-methyl/N-ethyl adjacent to an activating group) is 1. The first-order valence-corrected chi connectivity index (χ1v) is 4.39. The maximum absolute atomic E-state index is 4.97. The van der Waals surface area contributed by atoms with Crippen LogP contribution in [0, 0.1) is 0 Å². The summed E-state index contributed by atoms with van der Waals surface area (Å²) >= 11 is 1.83. The Labute approximate surface area is 61.4 Å². The van der Waals surface area contributed by atoms with Gasteiger partial charge >= 0.3 is 0 Å². The molecule has 0 aliphatic rings. The maximum Gasteiger partial charge on any atom is 0.0623 e. The average Bonchev–Trinajstić information content (AvgIpc) is 1.88. The molecule has 1 unspecified atom stereocenters. The van der Waals surface area contributed by atoms with Gasteiger partial charge < -0.3 is 10.1 Å². The number of methoxy groups -OCH3 is 1. The molecule has 0 rings (SSSR count). The molecule has 0 aromatic heterocycles. The molecule has 9 heavy (non-hydrogen) atoms. The Morgan fingerprint density at radius 1 is 1.67 bits per heavy atom. The van der Waals surface area contributed by atoms with E-state index in [0.717, 1.165) is 12.4 Å². The van der Waals surface area contributed by atoms with E-state index >= 15 is 0 Å². The van der Waals surface area contributed by atoms with Crippen LogP contribution in [-0.2, 0) is 4.74 Å². The molecule has 0 heterocycles. The third kappa shape index (κ3) is 4.75. The lowest BCUT2D eigenvalue weighted by Gasteiger charge is -2.12. The van der Waals surface area contributed by atoms with Gasteiger partial charge in [0.1, 0.15) is 0 Å². The van der Waals surface area contributed by atoms with Crippen LogP contribution in [0.1, 0.15) is 0 Å². The van der Waals surface area contributed by atoms with E-state index in [1.807, 2.05) is 18.8 Å². The Kier molecular flexibility index (Phi) is 6.58. The zero-order valence-electron chi connectivity index (χ0n) is 6.31. The molecule has 1 N–H and O–H groups in total. The molecule has 0 radical (unpaired) electrons. The van der Waals surface area contributed by atoms with Gasteiger partial charge in [-0.2, -0.15) is 11.8 Å². The summed E-state index contributed by atoms with van der Waals surface area (Å²) in [5, 5.41) is 3.16. The Morgan fingerprint density at radius 3 is 2.67 bits per heavy atom. The van der Waals surface area contributed by atoms with Gasteiger partial charge in [0.2, 0.25) is 0 Å². The van der Waals surface area contributed by atoms with E-state index in [9.17, 15) is 0 Å². The Balaban J connectivity index is 3.18. The van der Waals surface area contributed by atoms with Crippen molar-refractivity contribution >= 4 is 11.8 Å². The number of rotatable bonds is 5.